The van der Waals surface area contributed by atoms with E-state index in [-0.39, 0.29) is 0 Å². The first kappa shape index (κ1) is 9.94. The van der Waals surface area contributed by atoms with E-state index in [1.54, 1.807) is 6.42 Å². The average Bonchev–Trinajstić information content (AvgIpc) is 3.12. The molecule has 1 aliphatic heterocycles. The second kappa shape index (κ2) is 3.25. The maximum absolute atomic E-state index is 6.25. The Balaban J connectivity index is 1.47. The van der Waals surface area contributed by atoms with Crippen LogP contribution in [0.4, 0.5) is 0 Å². The van der Waals surface area contributed by atoms with Gasteiger partial charge in [0.1, 0.15) is 0 Å². The molecular formula is C15H24O. The summed E-state index contributed by atoms with van der Waals surface area (Å²) < 4.78 is 6.25. The molecule has 4 atom stereocenters. The lowest BCUT2D eigenvalue weighted by Gasteiger charge is -2.11. The molecule has 1 heterocycles. The molecule has 0 aromatic carbocycles. The molecule has 0 amide bonds. The monoisotopic (exact) mass is 220 g/mol. The summed E-state index contributed by atoms with van der Waals surface area (Å²) >= 11 is 0. The summed E-state index contributed by atoms with van der Waals surface area (Å²) in [5, 5.41) is 0. The lowest BCUT2D eigenvalue weighted by molar-refractivity contribution is 0.198. The molecule has 3 aliphatic carbocycles. The van der Waals surface area contributed by atoms with Gasteiger partial charge in [0.25, 0.3) is 0 Å². The molecule has 0 N–H and O–H groups in total. The van der Waals surface area contributed by atoms with Crippen LogP contribution in [0.15, 0.2) is 0 Å². The van der Waals surface area contributed by atoms with Crippen LogP contribution in [0.5, 0.6) is 0 Å². The Morgan fingerprint density at radius 1 is 0.688 bits per heavy atom. The van der Waals surface area contributed by atoms with Crippen molar-refractivity contribution in [2.45, 2.75) is 81.8 Å². The number of fused-ring (bicyclic) bond motifs is 1. The van der Waals surface area contributed by atoms with Crippen LogP contribution in [-0.4, -0.2) is 11.2 Å². The molecule has 4 rings (SSSR count). The first-order valence-electron chi connectivity index (χ1n) is 7.54. The molecule has 1 heteroatoms. The number of ether oxygens (including phenoxy) is 1. The van der Waals surface area contributed by atoms with Gasteiger partial charge in [-0.1, -0.05) is 32.1 Å². The van der Waals surface area contributed by atoms with Crippen molar-refractivity contribution in [1.29, 1.82) is 0 Å². The summed E-state index contributed by atoms with van der Waals surface area (Å²) in [6.45, 7) is 0. The highest BCUT2D eigenvalue weighted by atomic mass is 16.6. The van der Waals surface area contributed by atoms with Crippen LogP contribution in [0.2, 0.25) is 0 Å². The Morgan fingerprint density at radius 3 is 2.12 bits per heavy atom. The molecule has 3 saturated carbocycles. The molecule has 1 nitrogen and oxygen atoms in total. The third-order valence-electron chi connectivity index (χ3n) is 5.97. The van der Waals surface area contributed by atoms with Crippen LogP contribution >= 0.6 is 0 Å². The van der Waals surface area contributed by atoms with Crippen molar-refractivity contribution in [3.05, 3.63) is 0 Å². The molecule has 4 fully saturated rings. The number of hydrogen-bond donors (Lipinski definition) is 0. The summed E-state index contributed by atoms with van der Waals surface area (Å²) in [6.07, 6.45) is 15.9. The Kier molecular flexibility index (Phi) is 2.02. The van der Waals surface area contributed by atoms with Crippen molar-refractivity contribution in [1.82, 2.24) is 0 Å². The molecule has 0 bridgehead atoms. The maximum Gasteiger partial charge on any atom is 0.0980 e. The van der Waals surface area contributed by atoms with Gasteiger partial charge in [0, 0.05) is 0 Å². The van der Waals surface area contributed by atoms with E-state index in [0.29, 0.717) is 11.2 Å². The summed E-state index contributed by atoms with van der Waals surface area (Å²) in [7, 11) is 0. The van der Waals surface area contributed by atoms with E-state index in [9.17, 15) is 0 Å². The van der Waals surface area contributed by atoms with Gasteiger partial charge in [-0.3, -0.25) is 0 Å². The van der Waals surface area contributed by atoms with Crippen LogP contribution in [0.3, 0.4) is 0 Å². The number of rotatable bonds is 0. The molecule has 4 unspecified atom stereocenters. The second-order valence-electron chi connectivity index (χ2n) is 6.84. The third-order valence-corrected chi connectivity index (χ3v) is 5.97. The van der Waals surface area contributed by atoms with E-state index in [1.165, 1.54) is 64.2 Å². The standard InChI is InChI=1S/C15H24O/c1-2-7-14-9-4-10-15(14,16-14)8-3-6-13-11-12(13)5-1/h12-13H,1-11H2. The van der Waals surface area contributed by atoms with Crippen LogP contribution in [0.1, 0.15) is 70.6 Å². The minimum Gasteiger partial charge on any atom is -0.363 e. The fraction of sp³-hybridized carbons (Fsp3) is 1.00. The lowest BCUT2D eigenvalue weighted by atomic mass is 9.87. The van der Waals surface area contributed by atoms with E-state index in [2.05, 4.69) is 0 Å². The van der Waals surface area contributed by atoms with Gasteiger partial charge in [-0.15, -0.1) is 0 Å². The fourth-order valence-electron chi connectivity index (χ4n) is 4.86. The van der Waals surface area contributed by atoms with Gasteiger partial charge in [-0.2, -0.15) is 0 Å². The van der Waals surface area contributed by atoms with Gasteiger partial charge in [-0.25, -0.2) is 0 Å². The molecule has 1 saturated heterocycles. The average molecular weight is 220 g/mol. The molecule has 0 aromatic heterocycles. The summed E-state index contributed by atoms with van der Waals surface area (Å²) in [6, 6.07) is 0. The van der Waals surface area contributed by atoms with Crippen molar-refractivity contribution in [3.63, 3.8) is 0 Å². The predicted octanol–water partition coefficient (Wildman–Crippen LogP) is 4.06. The quantitative estimate of drug-likeness (QED) is 0.561. The molecule has 16 heavy (non-hydrogen) atoms. The molecule has 4 aliphatic rings. The van der Waals surface area contributed by atoms with Crippen LogP contribution < -0.4 is 0 Å². The highest BCUT2D eigenvalue weighted by molar-refractivity contribution is 5.19. The van der Waals surface area contributed by atoms with Gasteiger partial charge in [-0.05, 0) is 50.4 Å². The second-order valence-corrected chi connectivity index (χ2v) is 6.84. The van der Waals surface area contributed by atoms with Gasteiger partial charge in [0.2, 0.25) is 0 Å². The number of epoxide rings is 1. The summed E-state index contributed by atoms with van der Waals surface area (Å²) in [5.41, 5.74) is 0.781. The molecule has 0 aromatic rings. The van der Waals surface area contributed by atoms with Crippen LogP contribution in [0, 0.1) is 11.8 Å². The smallest absolute Gasteiger partial charge is 0.0980 e. The Labute approximate surface area is 98.9 Å². The van der Waals surface area contributed by atoms with Crippen molar-refractivity contribution in [3.8, 4) is 0 Å². The zero-order valence-electron chi connectivity index (χ0n) is 10.3. The van der Waals surface area contributed by atoms with Gasteiger partial charge < -0.3 is 4.74 Å². The van der Waals surface area contributed by atoms with Gasteiger partial charge >= 0.3 is 0 Å². The minimum absolute atomic E-state index is 0.390. The normalized spacial score (nSPS) is 55.5. The van der Waals surface area contributed by atoms with Crippen LogP contribution in [0.25, 0.3) is 0 Å². The van der Waals surface area contributed by atoms with Crippen LogP contribution in [-0.2, 0) is 4.74 Å². The summed E-state index contributed by atoms with van der Waals surface area (Å²) in [4.78, 5) is 0. The highest BCUT2D eigenvalue weighted by Crippen LogP contribution is 2.65. The van der Waals surface area contributed by atoms with Gasteiger partial charge in [0.15, 0.2) is 0 Å². The van der Waals surface area contributed by atoms with Crippen molar-refractivity contribution >= 4 is 0 Å². The summed E-state index contributed by atoms with van der Waals surface area (Å²) in [5.74, 6) is 2.24. The zero-order valence-corrected chi connectivity index (χ0v) is 10.3. The highest BCUT2D eigenvalue weighted by Gasteiger charge is 2.70. The molecule has 90 valence electrons. The van der Waals surface area contributed by atoms with E-state index in [0.717, 1.165) is 11.8 Å². The number of hydrogen-bond acceptors (Lipinski definition) is 1. The largest absolute Gasteiger partial charge is 0.363 e. The first-order chi connectivity index (χ1) is 7.84. The molecular weight excluding hydrogens is 196 g/mol. The lowest BCUT2D eigenvalue weighted by Crippen LogP contribution is -2.19. The Bertz CT molecular complexity index is 300. The molecule has 0 radical (unpaired) electrons. The minimum atomic E-state index is 0.390. The van der Waals surface area contributed by atoms with Crippen molar-refractivity contribution < 1.29 is 4.74 Å². The van der Waals surface area contributed by atoms with Crippen molar-refractivity contribution in [2.24, 2.45) is 11.8 Å². The Hall–Kier alpha value is -0.0400. The van der Waals surface area contributed by atoms with E-state index in [4.69, 9.17) is 4.74 Å². The van der Waals surface area contributed by atoms with E-state index < -0.39 is 0 Å². The SMILES string of the molecule is C1CCC23CCCC2(CCCC2CC2C1)O3. The third kappa shape index (κ3) is 1.33. The zero-order chi connectivity index (χ0) is 10.6. The van der Waals surface area contributed by atoms with Crippen molar-refractivity contribution in [2.75, 3.05) is 0 Å². The first-order valence-corrected chi connectivity index (χ1v) is 7.54. The van der Waals surface area contributed by atoms with E-state index >= 15 is 0 Å². The van der Waals surface area contributed by atoms with E-state index in [1.807, 2.05) is 0 Å². The Morgan fingerprint density at radius 2 is 1.31 bits per heavy atom. The fourth-order valence-corrected chi connectivity index (χ4v) is 4.86. The topological polar surface area (TPSA) is 12.5 Å². The maximum atomic E-state index is 6.25. The predicted molar refractivity (Wildman–Crippen MR) is 64.3 cm³/mol. The van der Waals surface area contributed by atoms with Gasteiger partial charge in [0.05, 0.1) is 11.2 Å². The molecule has 0 spiro atoms.